The maximum atomic E-state index is 2.57. The summed E-state index contributed by atoms with van der Waals surface area (Å²) in [5, 5.41) is 0. The minimum Gasteiger partial charge on any atom is -0.0816 e. The molecule has 0 heterocycles. The highest BCUT2D eigenvalue weighted by atomic mass is 14.5. The third-order valence-corrected chi connectivity index (χ3v) is 7.05. The van der Waals surface area contributed by atoms with E-state index in [0.717, 1.165) is 30.1 Å². The fourth-order valence-corrected chi connectivity index (χ4v) is 4.30. The van der Waals surface area contributed by atoms with E-state index >= 15 is 0 Å². The summed E-state index contributed by atoms with van der Waals surface area (Å²) in [5.74, 6) is 3.48. The molecule has 140 valence electrons. The molecule has 0 aromatic carbocycles. The molecular weight excluding hydrogens is 288 g/mol. The number of allylic oxidation sites excluding steroid dienone is 4. The van der Waals surface area contributed by atoms with E-state index in [1.54, 1.807) is 11.1 Å². The van der Waals surface area contributed by atoms with Crippen LogP contribution in [0.1, 0.15) is 101 Å². The zero-order valence-corrected chi connectivity index (χ0v) is 18.1. The normalized spacial score (nSPS) is 26.2. The zero-order valence-electron chi connectivity index (χ0n) is 18.1. The van der Waals surface area contributed by atoms with Gasteiger partial charge in [0, 0.05) is 0 Å². The SMILES string of the molecule is CCC=C(C)C(C)=C(C)C(CCC)CC(C)(CC1CC1C)C(C)C. The molecular formula is C24H44. The van der Waals surface area contributed by atoms with Crippen molar-refractivity contribution in [3.8, 4) is 0 Å². The molecule has 0 aromatic rings. The van der Waals surface area contributed by atoms with Crippen LogP contribution in [-0.2, 0) is 0 Å². The first kappa shape index (κ1) is 21.5. The molecule has 0 heteroatoms. The molecule has 1 fully saturated rings. The summed E-state index contributed by atoms with van der Waals surface area (Å²) in [6.07, 6.45) is 10.4. The quantitative estimate of drug-likeness (QED) is 0.354. The molecule has 0 nitrogen and oxygen atoms in total. The van der Waals surface area contributed by atoms with Crippen LogP contribution in [-0.4, -0.2) is 0 Å². The topological polar surface area (TPSA) is 0 Å². The summed E-state index contributed by atoms with van der Waals surface area (Å²) in [6, 6.07) is 0. The van der Waals surface area contributed by atoms with Gasteiger partial charge in [-0.15, -0.1) is 0 Å². The molecule has 0 aromatic heterocycles. The van der Waals surface area contributed by atoms with Crippen LogP contribution in [0.25, 0.3) is 0 Å². The Labute approximate surface area is 153 Å². The van der Waals surface area contributed by atoms with Gasteiger partial charge < -0.3 is 0 Å². The maximum Gasteiger partial charge on any atom is -0.0195 e. The average Bonchev–Trinajstić information content (AvgIpc) is 3.19. The highest BCUT2D eigenvalue weighted by Crippen LogP contribution is 2.51. The van der Waals surface area contributed by atoms with Crippen LogP contribution >= 0.6 is 0 Å². The Hall–Kier alpha value is -0.520. The van der Waals surface area contributed by atoms with Crippen LogP contribution in [0, 0.1) is 29.1 Å². The van der Waals surface area contributed by atoms with Gasteiger partial charge in [-0.05, 0) is 87.5 Å². The summed E-state index contributed by atoms with van der Waals surface area (Å²) in [4.78, 5) is 0. The van der Waals surface area contributed by atoms with Crippen LogP contribution in [0.4, 0.5) is 0 Å². The molecule has 1 saturated carbocycles. The molecule has 0 amide bonds. The smallest absolute Gasteiger partial charge is 0.0195 e. The zero-order chi connectivity index (χ0) is 18.5. The van der Waals surface area contributed by atoms with Crippen molar-refractivity contribution in [2.24, 2.45) is 29.1 Å². The predicted molar refractivity (Wildman–Crippen MR) is 110 cm³/mol. The maximum absolute atomic E-state index is 2.57. The van der Waals surface area contributed by atoms with Gasteiger partial charge in [-0.1, -0.05) is 65.2 Å². The van der Waals surface area contributed by atoms with Crippen molar-refractivity contribution < 1.29 is 0 Å². The van der Waals surface area contributed by atoms with Crippen molar-refractivity contribution in [1.82, 2.24) is 0 Å². The van der Waals surface area contributed by atoms with E-state index in [1.807, 2.05) is 0 Å². The lowest BCUT2D eigenvalue weighted by Gasteiger charge is -2.38. The lowest BCUT2D eigenvalue weighted by atomic mass is 9.67. The number of hydrogen-bond acceptors (Lipinski definition) is 0. The van der Waals surface area contributed by atoms with Crippen molar-refractivity contribution in [2.75, 3.05) is 0 Å². The molecule has 0 bridgehead atoms. The highest BCUT2D eigenvalue weighted by molar-refractivity contribution is 5.32. The molecule has 0 N–H and O–H groups in total. The van der Waals surface area contributed by atoms with Crippen molar-refractivity contribution in [3.63, 3.8) is 0 Å². The molecule has 1 rings (SSSR count). The van der Waals surface area contributed by atoms with E-state index in [-0.39, 0.29) is 0 Å². The van der Waals surface area contributed by atoms with E-state index in [4.69, 9.17) is 0 Å². The Balaban J connectivity index is 3.00. The molecule has 0 saturated heterocycles. The Morgan fingerprint density at radius 1 is 1.17 bits per heavy atom. The second-order valence-corrected chi connectivity index (χ2v) is 9.28. The van der Waals surface area contributed by atoms with Gasteiger partial charge >= 0.3 is 0 Å². The monoisotopic (exact) mass is 332 g/mol. The van der Waals surface area contributed by atoms with Crippen molar-refractivity contribution in [1.29, 1.82) is 0 Å². The molecule has 0 radical (unpaired) electrons. The molecule has 0 spiro atoms. The Bertz CT molecular complexity index is 451. The van der Waals surface area contributed by atoms with Gasteiger partial charge in [-0.25, -0.2) is 0 Å². The Morgan fingerprint density at radius 3 is 2.17 bits per heavy atom. The average molecular weight is 333 g/mol. The second kappa shape index (κ2) is 9.25. The van der Waals surface area contributed by atoms with Crippen molar-refractivity contribution in [3.05, 3.63) is 22.8 Å². The van der Waals surface area contributed by atoms with Crippen LogP contribution in [0.15, 0.2) is 22.8 Å². The van der Waals surface area contributed by atoms with E-state index in [9.17, 15) is 0 Å². The lowest BCUT2D eigenvalue weighted by Crippen LogP contribution is -2.28. The van der Waals surface area contributed by atoms with Gasteiger partial charge in [0.05, 0.1) is 0 Å². The third kappa shape index (κ3) is 5.78. The lowest BCUT2D eigenvalue weighted by molar-refractivity contribution is 0.141. The van der Waals surface area contributed by atoms with Gasteiger partial charge in [-0.3, -0.25) is 0 Å². The molecule has 1 aliphatic rings. The molecule has 4 atom stereocenters. The van der Waals surface area contributed by atoms with E-state index in [2.05, 4.69) is 68.4 Å². The van der Waals surface area contributed by atoms with E-state index in [0.29, 0.717) is 5.41 Å². The summed E-state index contributed by atoms with van der Waals surface area (Å²) in [5.41, 5.74) is 5.16. The van der Waals surface area contributed by atoms with Gasteiger partial charge in [0.25, 0.3) is 0 Å². The molecule has 1 aliphatic carbocycles. The van der Waals surface area contributed by atoms with Crippen molar-refractivity contribution in [2.45, 2.75) is 101 Å². The van der Waals surface area contributed by atoms with Crippen LogP contribution in [0.3, 0.4) is 0 Å². The number of rotatable bonds is 10. The van der Waals surface area contributed by atoms with Gasteiger partial charge in [0.15, 0.2) is 0 Å². The summed E-state index contributed by atoms with van der Waals surface area (Å²) >= 11 is 0. The molecule has 24 heavy (non-hydrogen) atoms. The first-order chi connectivity index (χ1) is 11.2. The first-order valence-electron chi connectivity index (χ1n) is 10.5. The standard InChI is InChI=1S/C24H44/c1-10-12-18(5)20(7)21(8)22(13-11-2)15-24(9,17(3)4)16-23-14-19(23)6/h12,17,19,22-23H,10-11,13-16H2,1-9H3. The molecule has 0 aliphatic heterocycles. The predicted octanol–water partition coefficient (Wildman–Crippen LogP) is 8.19. The van der Waals surface area contributed by atoms with Gasteiger partial charge in [0.2, 0.25) is 0 Å². The van der Waals surface area contributed by atoms with Crippen LogP contribution < -0.4 is 0 Å². The first-order valence-corrected chi connectivity index (χ1v) is 10.5. The van der Waals surface area contributed by atoms with Gasteiger partial charge in [0.1, 0.15) is 0 Å². The summed E-state index contributed by atoms with van der Waals surface area (Å²) in [7, 11) is 0. The minimum atomic E-state index is 0.485. The van der Waals surface area contributed by atoms with Gasteiger partial charge in [-0.2, -0.15) is 0 Å². The highest BCUT2D eigenvalue weighted by Gasteiger charge is 2.41. The largest absolute Gasteiger partial charge is 0.0816 e. The second-order valence-electron chi connectivity index (χ2n) is 9.28. The van der Waals surface area contributed by atoms with Crippen molar-refractivity contribution >= 4 is 0 Å². The van der Waals surface area contributed by atoms with Crippen LogP contribution in [0.5, 0.6) is 0 Å². The fourth-order valence-electron chi connectivity index (χ4n) is 4.30. The van der Waals surface area contributed by atoms with E-state index < -0.39 is 0 Å². The summed E-state index contributed by atoms with van der Waals surface area (Å²) < 4.78 is 0. The van der Waals surface area contributed by atoms with E-state index in [1.165, 1.54) is 37.7 Å². The fraction of sp³-hybridized carbons (Fsp3) is 0.833. The Morgan fingerprint density at radius 2 is 1.75 bits per heavy atom. The molecule has 4 unspecified atom stereocenters. The van der Waals surface area contributed by atoms with Crippen LogP contribution in [0.2, 0.25) is 0 Å². The Kier molecular flexibility index (Phi) is 8.30. The number of hydrogen-bond donors (Lipinski definition) is 0. The third-order valence-electron chi connectivity index (χ3n) is 7.05. The summed E-state index contributed by atoms with van der Waals surface area (Å²) in [6.45, 7) is 21.5. The minimum absolute atomic E-state index is 0.485.